The average molecular weight is 268 g/mol. The third kappa shape index (κ3) is 2.51. The molecule has 0 amide bonds. The van der Waals surface area contributed by atoms with Gasteiger partial charge < -0.3 is 9.63 Å². The van der Waals surface area contributed by atoms with Gasteiger partial charge in [-0.2, -0.15) is 4.98 Å². The summed E-state index contributed by atoms with van der Waals surface area (Å²) in [6, 6.07) is 6.32. The molecule has 0 aliphatic carbocycles. The Kier molecular flexibility index (Phi) is 3.08. The van der Waals surface area contributed by atoms with Crippen LogP contribution in [0.15, 0.2) is 28.8 Å². The zero-order valence-electron chi connectivity index (χ0n) is 9.86. The standard InChI is InChI=1S/C11H12N2O4S/c1-7(18(2,15)16)11-12-10(13-17-11)8-4-3-5-9(14)6-8/h3-7,14H,1-2H3. The summed E-state index contributed by atoms with van der Waals surface area (Å²) >= 11 is 0. The summed E-state index contributed by atoms with van der Waals surface area (Å²) in [5.41, 5.74) is 0.561. The molecule has 1 aromatic carbocycles. The van der Waals surface area contributed by atoms with E-state index in [0.717, 1.165) is 6.26 Å². The van der Waals surface area contributed by atoms with Gasteiger partial charge in [0, 0.05) is 11.8 Å². The van der Waals surface area contributed by atoms with Crippen molar-refractivity contribution in [3.8, 4) is 17.1 Å². The predicted molar refractivity (Wildman–Crippen MR) is 64.7 cm³/mol. The lowest BCUT2D eigenvalue weighted by Gasteiger charge is -2.01. The molecule has 2 rings (SSSR count). The highest BCUT2D eigenvalue weighted by atomic mass is 32.2. The Hall–Kier alpha value is -1.89. The van der Waals surface area contributed by atoms with E-state index in [1.54, 1.807) is 12.1 Å². The first-order valence-electron chi connectivity index (χ1n) is 5.20. The van der Waals surface area contributed by atoms with Gasteiger partial charge in [0.1, 0.15) is 11.0 Å². The Bertz CT molecular complexity index is 663. The van der Waals surface area contributed by atoms with Crippen LogP contribution in [0.3, 0.4) is 0 Å². The summed E-state index contributed by atoms with van der Waals surface area (Å²) in [5, 5.41) is 12.2. The normalized spacial score (nSPS) is 13.4. The largest absolute Gasteiger partial charge is 0.508 e. The summed E-state index contributed by atoms with van der Waals surface area (Å²) in [7, 11) is -3.28. The molecule has 0 fully saturated rings. The molecule has 0 aliphatic rings. The summed E-state index contributed by atoms with van der Waals surface area (Å²) in [6.07, 6.45) is 1.11. The average Bonchev–Trinajstić information content (AvgIpc) is 2.75. The highest BCUT2D eigenvalue weighted by Crippen LogP contribution is 2.24. The van der Waals surface area contributed by atoms with Crippen LogP contribution in [0.5, 0.6) is 5.75 Å². The van der Waals surface area contributed by atoms with Gasteiger partial charge in [0.25, 0.3) is 0 Å². The fourth-order valence-electron chi connectivity index (χ4n) is 1.35. The number of aromatic nitrogens is 2. The third-order valence-electron chi connectivity index (χ3n) is 2.54. The third-order valence-corrected chi connectivity index (χ3v) is 4.02. The monoisotopic (exact) mass is 268 g/mol. The minimum atomic E-state index is -3.28. The molecule has 18 heavy (non-hydrogen) atoms. The van der Waals surface area contributed by atoms with Crippen molar-refractivity contribution >= 4 is 9.84 Å². The maximum atomic E-state index is 11.4. The first-order chi connectivity index (χ1) is 8.38. The van der Waals surface area contributed by atoms with Gasteiger partial charge in [-0.1, -0.05) is 17.3 Å². The topological polar surface area (TPSA) is 93.3 Å². The van der Waals surface area contributed by atoms with Crippen LogP contribution >= 0.6 is 0 Å². The zero-order chi connectivity index (χ0) is 13.3. The molecule has 1 unspecified atom stereocenters. The summed E-state index contributed by atoms with van der Waals surface area (Å²) in [5.74, 6) is 0.363. The van der Waals surface area contributed by atoms with Crippen molar-refractivity contribution in [1.29, 1.82) is 0 Å². The van der Waals surface area contributed by atoms with Gasteiger partial charge in [-0.05, 0) is 19.1 Å². The van der Waals surface area contributed by atoms with Crippen molar-refractivity contribution in [3.63, 3.8) is 0 Å². The Morgan fingerprint density at radius 2 is 2.11 bits per heavy atom. The number of benzene rings is 1. The van der Waals surface area contributed by atoms with E-state index >= 15 is 0 Å². The Morgan fingerprint density at radius 1 is 1.39 bits per heavy atom. The molecule has 7 heteroatoms. The van der Waals surface area contributed by atoms with Crippen LogP contribution < -0.4 is 0 Å². The zero-order valence-corrected chi connectivity index (χ0v) is 10.7. The van der Waals surface area contributed by atoms with Gasteiger partial charge in [-0.25, -0.2) is 8.42 Å². The predicted octanol–water partition coefficient (Wildman–Crippen LogP) is 1.55. The minimum absolute atomic E-state index is 0.0378. The molecule has 1 N–H and O–H groups in total. The first kappa shape index (κ1) is 12.6. The van der Waals surface area contributed by atoms with Crippen molar-refractivity contribution in [1.82, 2.24) is 10.1 Å². The SMILES string of the molecule is CC(c1nc(-c2cccc(O)c2)no1)S(C)(=O)=O. The van der Waals surface area contributed by atoms with Gasteiger partial charge in [-0.3, -0.25) is 0 Å². The Labute approximate surface area is 104 Å². The molecule has 96 valence electrons. The molecule has 6 nitrogen and oxygen atoms in total. The molecule has 0 bridgehead atoms. The number of hydrogen-bond donors (Lipinski definition) is 1. The van der Waals surface area contributed by atoms with E-state index in [2.05, 4.69) is 10.1 Å². The number of sulfone groups is 1. The molecule has 0 saturated carbocycles. The molecular formula is C11H12N2O4S. The molecule has 1 heterocycles. The lowest BCUT2D eigenvalue weighted by molar-refractivity contribution is 0.377. The van der Waals surface area contributed by atoms with Crippen LogP contribution in [0, 0.1) is 0 Å². The van der Waals surface area contributed by atoms with E-state index in [9.17, 15) is 13.5 Å². The number of phenols is 1. The highest BCUT2D eigenvalue weighted by molar-refractivity contribution is 7.90. The number of hydrogen-bond acceptors (Lipinski definition) is 6. The molecule has 0 radical (unpaired) electrons. The van der Waals surface area contributed by atoms with E-state index in [1.165, 1.54) is 19.1 Å². The molecule has 2 aromatic rings. The lowest BCUT2D eigenvalue weighted by atomic mass is 10.2. The fraction of sp³-hybridized carbons (Fsp3) is 0.273. The fourth-order valence-corrected chi connectivity index (χ4v) is 1.81. The number of aromatic hydroxyl groups is 1. The van der Waals surface area contributed by atoms with Crippen LogP contribution in [-0.4, -0.2) is 29.9 Å². The van der Waals surface area contributed by atoms with Crippen LogP contribution in [0.4, 0.5) is 0 Å². The summed E-state index contributed by atoms with van der Waals surface area (Å²) < 4.78 is 27.7. The van der Waals surface area contributed by atoms with Crippen LogP contribution in [0.2, 0.25) is 0 Å². The Balaban J connectivity index is 2.37. The van der Waals surface area contributed by atoms with Gasteiger partial charge in [0.05, 0.1) is 0 Å². The van der Waals surface area contributed by atoms with E-state index < -0.39 is 15.1 Å². The highest BCUT2D eigenvalue weighted by Gasteiger charge is 2.24. The van der Waals surface area contributed by atoms with Crippen LogP contribution in [0.1, 0.15) is 18.1 Å². The van der Waals surface area contributed by atoms with Crippen molar-refractivity contribution < 1.29 is 18.0 Å². The second-order valence-corrected chi connectivity index (χ2v) is 6.34. The van der Waals surface area contributed by atoms with E-state index in [4.69, 9.17) is 4.52 Å². The molecular weight excluding hydrogens is 256 g/mol. The molecule has 1 aromatic heterocycles. The summed E-state index contributed by atoms with van der Waals surface area (Å²) in [4.78, 5) is 4.02. The van der Waals surface area contributed by atoms with Gasteiger partial charge in [-0.15, -0.1) is 0 Å². The van der Waals surface area contributed by atoms with E-state index in [-0.39, 0.29) is 17.5 Å². The van der Waals surface area contributed by atoms with Crippen LogP contribution in [-0.2, 0) is 9.84 Å². The molecule has 1 atom stereocenters. The number of rotatable bonds is 3. The van der Waals surface area contributed by atoms with Crippen LogP contribution in [0.25, 0.3) is 11.4 Å². The van der Waals surface area contributed by atoms with Gasteiger partial charge >= 0.3 is 0 Å². The van der Waals surface area contributed by atoms with Crippen molar-refractivity contribution in [2.45, 2.75) is 12.2 Å². The first-order valence-corrected chi connectivity index (χ1v) is 7.15. The van der Waals surface area contributed by atoms with E-state index in [0.29, 0.717) is 5.56 Å². The molecule has 0 saturated heterocycles. The van der Waals surface area contributed by atoms with Gasteiger partial charge in [0.15, 0.2) is 9.84 Å². The lowest BCUT2D eigenvalue weighted by Crippen LogP contribution is -2.07. The maximum Gasteiger partial charge on any atom is 0.244 e. The van der Waals surface area contributed by atoms with Crippen molar-refractivity contribution in [2.24, 2.45) is 0 Å². The van der Waals surface area contributed by atoms with Crippen molar-refractivity contribution in [3.05, 3.63) is 30.2 Å². The summed E-state index contributed by atoms with van der Waals surface area (Å²) in [6.45, 7) is 1.48. The van der Waals surface area contributed by atoms with Gasteiger partial charge in [0.2, 0.25) is 11.7 Å². The second kappa shape index (κ2) is 4.41. The molecule has 0 spiro atoms. The maximum absolute atomic E-state index is 11.4. The Morgan fingerprint density at radius 3 is 2.72 bits per heavy atom. The number of nitrogens with zero attached hydrogens (tertiary/aromatic N) is 2. The van der Waals surface area contributed by atoms with E-state index in [1.807, 2.05) is 0 Å². The quantitative estimate of drug-likeness (QED) is 0.907. The molecule has 0 aliphatic heterocycles. The number of phenolic OH excluding ortho intramolecular Hbond substituents is 1. The smallest absolute Gasteiger partial charge is 0.244 e. The second-order valence-electron chi connectivity index (χ2n) is 3.98. The minimum Gasteiger partial charge on any atom is -0.508 e. The van der Waals surface area contributed by atoms with Crippen molar-refractivity contribution in [2.75, 3.05) is 6.26 Å².